The second-order valence-electron chi connectivity index (χ2n) is 4.04. The summed E-state index contributed by atoms with van der Waals surface area (Å²) >= 11 is 4.51. The first-order valence-corrected chi connectivity index (χ1v) is 6.98. The zero-order valence-electron chi connectivity index (χ0n) is 10.0. The number of carbonyl (C=O) groups is 1. The molecule has 0 aliphatic heterocycles. The molecule has 0 fully saturated rings. The largest absolute Gasteiger partial charge is 0.419 e. The Balaban J connectivity index is 2.49. The molecule has 2 aromatic rings. The molecular weight excluding hydrogens is 360 g/mol. The molecule has 7 heteroatoms. The third-order valence-corrected chi connectivity index (χ3v) is 4.22. The highest BCUT2D eigenvalue weighted by atomic mass is 79.9. The van der Waals surface area contributed by atoms with Crippen molar-refractivity contribution in [2.45, 2.75) is 13.1 Å². The van der Waals surface area contributed by atoms with Gasteiger partial charge in [0.1, 0.15) is 5.82 Å². The van der Waals surface area contributed by atoms with Crippen molar-refractivity contribution in [1.82, 2.24) is 0 Å². The highest BCUT2D eigenvalue weighted by molar-refractivity contribution is 9.11. The van der Waals surface area contributed by atoms with E-state index in [4.69, 9.17) is 0 Å². The summed E-state index contributed by atoms with van der Waals surface area (Å²) in [6.07, 6.45) is -4.83. The Morgan fingerprint density at radius 2 is 1.90 bits per heavy atom. The SMILES string of the molecule is Cc1sc(Br)cc1C(=O)c1ccc(F)c(C(F)(F)F)c1. The van der Waals surface area contributed by atoms with E-state index in [0.29, 0.717) is 26.4 Å². The minimum Gasteiger partial charge on any atom is -0.289 e. The van der Waals surface area contributed by atoms with E-state index in [2.05, 4.69) is 15.9 Å². The van der Waals surface area contributed by atoms with Crippen LogP contribution in [0.5, 0.6) is 0 Å². The van der Waals surface area contributed by atoms with E-state index in [-0.39, 0.29) is 5.56 Å². The van der Waals surface area contributed by atoms with Gasteiger partial charge in [0, 0.05) is 16.0 Å². The Kier molecular flexibility index (Phi) is 4.02. The van der Waals surface area contributed by atoms with Gasteiger partial charge in [-0.2, -0.15) is 13.2 Å². The lowest BCUT2D eigenvalue weighted by Crippen LogP contribution is -2.11. The Morgan fingerprint density at radius 3 is 2.40 bits per heavy atom. The molecule has 0 bridgehead atoms. The van der Waals surface area contributed by atoms with E-state index in [0.717, 1.165) is 6.07 Å². The van der Waals surface area contributed by atoms with Gasteiger partial charge in [-0.1, -0.05) is 0 Å². The van der Waals surface area contributed by atoms with Gasteiger partial charge in [-0.15, -0.1) is 11.3 Å². The number of hydrogen-bond acceptors (Lipinski definition) is 2. The molecule has 2 rings (SSSR count). The van der Waals surface area contributed by atoms with Crippen LogP contribution in [-0.2, 0) is 6.18 Å². The Morgan fingerprint density at radius 1 is 1.25 bits per heavy atom. The number of halogens is 5. The number of rotatable bonds is 2. The molecule has 20 heavy (non-hydrogen) atoms. The van der Waals surface area contributed by atoms with Gasteiger partial charge in [0.15, 0.2) is 5.78 Å². The van der Waals surface area contributed by atoms with Crippen LogP contribution in [0.2, 0.25) is 0 Å². The molecule has 0 N–H and O–H groups in total. The van der Waals surface area contributed by atoms with E-state index in [1.807, 2.05) is 0 Å². The lowest BCUT2D eigenvalue weighted by atomic mass is 10.0. The topological polar surface area (TPSA) is 17.1 Å². The van der Waals surface area contributed by atoms with Crippen LogP contribution >= 0.6 is 27.3 Å². The molecule has 1 aromatic carbocycles. The van der Waals surface area contributed by atoms with Crippen molar-refractivity contribution in [2.24, 2.45) is 0 Å². The van der Waals surface area contributed by atoms with Crippen LogP contribution in [0.15, 0.2) is 28.1 Å². The lowest BCUT2D eigenvalue weighted by Gasteiger charge is -2.09. The van der Waals surface area contributed by atoms with Crippen molar-refractivity contribution < 1.29 is 22.4 Å². The van der Waals surface area contributed by atoms with Gasteiger partial charge >= 0.3 is 6.18 Å². The average Bonchev–Trinajstić information content (AvgIpc) is 2.66. The molecule has 1 nitrogen and oxygen atoms in total. The Bertz CT molecular complexity index is 675. The van der Waals surface area contributed by atoms with Gasteiger partial charge in [0.2, 0.25) is 0 Å². The molecule has 106 valence electrons. The van der Waals surface area contributed by atoms with E-state index in [1.54, 1.807) is 13.0 Å². The van der Waals surface area contributed by atoms with Gasteiger partial charge < -0.3 is 0 Å². The summed E-state index contributed by atoms with van der Waals surface area (Å²) in [6.45, 7) is 1.69. The number of alkyl halides is 3. The number of aryl methyl sites for hydroxylation is 1. The third kappa shape index (κ3) is 2.93. The first-order valence-electron chi connectivity index (χ1n) is 5.37. The minimum absolute atomic E-state index is 0.188. The molecule has 0 radical (unpaired) electrons. The normalized spacial score (nSPS) is 11.7. The first-order chi connectivity index (χ1) is 9.20. The van der Waals surface area contributed by atoms with E-state index in [1.165, 1.54) is 11.3 Å². The van der Waals surface area contributed by atoms with Crippen molar-refractivity contribution in [3.63, 3.8) is 0 Å². The van der Waals surface area contributed by atoms with E-state index < -0.39 is 23.3 Å². The summed E-state index contributed by atoms with van der Waals surface area (Å²) < 4.78 is 51.7. The smallest absolute Gasteiger partial charge is 0.289 e. The molecule has 0 spiro atoms. The highest BCUT2D eigenvalue weighted by Crippen LogP contribution is 2.33. The maximum absolute atomic E-state index is 13.2. The third-order valence-electron chi connectivity index (χ3n) is 2.67. The van der Waals surface area contributed by atoms with Crippen molar-refractivity contribution in [1.29, 1.82) is 0 Å². The maximum atomic E-state index is 13.2. The summed E-state index contributed by atoms with van der Waals surface area (Å²) in [5.41, 5.74) is -1.32. The minimum atomic E-state index is -4.83. The number of carbonyl (C=O) groups excluding carboxylic acids is 1. The standard InChI is InChI=1S/C13H7BrF4OS/c1-6-8(5-11(14)20-6)12(19)7-2-3-10(15)9(4-7)13(16,17)18/h2-5H,1H3. The molecule has 0 unspecified atom stereocenters. The molecule has 0 saturated carbocycles. The second kappa shape index (κ2) is 5.29. The van der Waals surface area contributed by atoms with Gasteiger partial charge in [-0.25, -0.2) is 4.39 Å². The van der Waals surface area contributed by atoms with Crippen LogP contribution < -0.4 is 0 Å². The summed E-state index contributed by atoms with van der Waals surface area (Å²) in [6, 6.07) is 3.80. The average molecular weight is 367 g/mol. The summed E-state index contributed by atoms with van der Waals surface area (Å²) in [4.78, 5) is 12.8. The number of hydrogen-bond donors (Lipinski definition) is 0. The van der Waals surface area contributed by atoms with Crippen LogP contribution in [0, 0.1) is 12.7 Å². The quantitative estimate of drug-likeness (QED) is 0.526. The molecule has 0 amide bonds. The van der Waals surface area contributed by atoms with Gasteiger partial charge in [-0.3, -0.25) is 4.79 Å². The van der Waals surface area contributed by atoms with Crippen LogP contribution in [0.1, 0.15) is 26.4 Å². The number of ketones is 1. The molecular formula is C13H7BrF4OS. The molecule has 0 aliphatic rings. The molecule has 1 aromatic heterocycles. The molecule has 0 atom stereocenters. The Labute approximate surface area is 124 Å². The fourth-order valence-electron chi connectivity index (χ4n) is 1.71. The highest BCUT2D eigenvalue weighted by Gasteiger charge is 2.34. The van der Waals surface area contributed by atoms with E-state index >= 15 is 0 Å². The zero-order valence-corrected chi connectivity index (χ0v) is 12.4. The monoisotopic (exact) mass is 366 g/mol. The maximum Gasteiger partial charge on any atom is 0.419 e. The number of thiophene rings is 1. The van der Waals surface area contributed by atoms with E-state index in [9.17, 15) is 22.4 Å². The van der Waals surface area contributed by atoms with Gasteiger partial charge in [-0.05, 0) is 47.1 Å². The van der Waals surface area contributed by atoms with Crippen LogP contribution in [-0.4, -0.2) is 5.78 Å². The van der Waals surface area contributed by atoms with Crippen molar-refractivity contribution in [3.05, 3.63) is 55.4 Å². The van der Waals surface area contributed by atoms with Crippen LogP contribution in [0.3, 0.4) is 0 Å². The molecule has 1 heterocycles. The first kappa shape index (κ1) is 15.2. The lowest BCUT2D eigenvalue weighted by molar-refractivity contribution is -0.140. The van der Waals surface area contributed by atoms with Crippen molar-refractivity contribution in [3.8, 4) is 0 Å². The predicted molar refractivity (Wildman–Crippen MR) is 71.6 cm³/mol. The van der Waals surface area contributed by atoms with Crippen LogP contribution in [0.25, 0.3) is 0 Å². The van der Waals surface area contributed by atoms with Crippen LogP contribution in [0.4, 0.5) is 17.6 Å². The number of benzene rings is 1. The Hall–Kier alpha value is -1.21. The van der Waals surface area contributed by atoms with Crippen molar-refractivity contribution >= 4 is 33.0 Å². The predicted octanol–water partition coefficient (Wildman–Crippen LogP) is 5.21. The zero-order chi connectivity index (χ0) is 15.1. The fraction of sp³-hybridized carbons (Fsp3) is 0.154. The summed E-state index contributed by atoms with van der Waals surface area (Å²) in [5.74, 6) is -1.95. The fourth-order valence-corrected chi connectivity index (χ4v) is 3.40. The van der Waals surface area contributed by atoms with Gasteiger partial charge in [0.25, 0.3) is 0 Å². The van der Waals surface area contributed by atoms with Gasteiger partial charge in [0.05, 0.1) is 9.35 Å². The summed E-state index contributed by atoms with van der Waals surface area (Å²) in [7, 11) is 0. The second-order valence-corrected chi connectivity index (χ2v) is 6.68. The molecule has 0 aliphatic carbocycles. The summed E-state index contributed by atoms with van der Waals surface area (Å²) in [5, 5.41) is 0. The molecule has 0 saturated heterocycles. The van der Waals surface area contributed by atoms with Crippen molar-refractivity contribution in [2.75, 3.05) is 0 Å².